The number of nitrogens with zero attached hydrogens (tertiary/aromatic N) is 4. The van der Waals surface area contributed by atoms with Gasteiger partial charge in [-0.05, 0) is 25.7 Å². The molecule has 1 aliphatic carbocycles. The highest BCUT2D eigenvalue weighted by Crippen LogP contribution is 2.36. The summed E-state index contributed by atoms with van der Waals surface area (Å²) in [7, 11) is -3.12. The molecule has 0 radical (unpaired) electrons. The van der Waals surface area contributed by atoms with E-state index in [-0.39, 0.29) is 10.9 Å². The number of carbonyl (C=O) groups is 1. The molecule has 1 aromatic rings. The lowest BCUT2D eigenvalue weighted by atomic mass is 9.90. The third kappa shape index (κ3) is 5.80. The number of rotatable bonds is 3. The first-order valence-corrected chi connectivity index (χ1v) is 11.1. The second-order valence-electron chi connectivity index (χ2n) is 7.60. The van der Waals surface area contributed by atoms with Crippen LogP contribution in [0.1, 0.15) is 25.7 Å². The summed E-state index contributed by atoms with van der Waals surface area (Å²) in [5.74, 6) is -2.72. The first-order valence-electron chi connectivity index (χ1n) is 9.58. The fourth-order valence-corrected chi connectivity index (χ4v) is 5.36. The third-order valence-electron chi connectivity index (χ3n) is 5.32. The van der Waals surface area contributed by atoms with E-state index in [9.17, 15) is 26.0 Å². The second-order valence-corrected chi connectivity index (χ2v) is 9.81. The smallest absolute Gasteiger partial charge is 0.475 e. The maximum Gasteiger partial charge on any atom is 0.490 e. The van der Waals surface area contributed by atoms with Crippen molar-refractivity contribution in [3.05, 3.63) is 18.2 Å². The summed E-state index contributed by atoms with van der Waals surface area (Å²) in [6.45, 7) is 2.79. The molecule has 1 aromatic heterocycles. The number of piperidine rings is 1. The summed E-state index contributed by atoms with van der Waals surface area (Å²) in [5, 5.41) is 6.96. The van der Waals surface area contributed by atoms with E-state index in [1.165, 1.54) is 0 Å². The van der Waals surface area contributed by atoms with Crippen molar-refractivity contribution in [1.82, 2.24) is 14.3 Å². The van der Waals surface area contributed by atoms with Gasteiger partial charge >= 0.3 is 12.1 Å². The predicted molar refractivity (Wildman–Crippen MR) is 99.3 cm³/mol. The standard InChI is InChI=1S/C15H21FN4O3S.C2HF3O2/c16-12-9-17-14(18-10-12)19-7-8-23-15(11-19)3-5-20(6-4-15)24(21,22)13-1-2-13;3-2(4,5)1(6)7/h9-10,13H,1-8,11H2;(H,6,7). The van der Waals surface area contributed by atoms with Gasteiger partial charge in [0.15, 0.2) is 5.82 Å². The molecule has 31 heavy (non-hydrogen) atoms. The summed E-state index contributed by atoms with van der Waals surface area (Å²) < 4.78 is 77.1. The molecule has 2 aliphatic heterocycles. The zero-order valence-corrected chi connectivity index (χ0v) is 17.2. The normalized spacial score (nSPS) is 22.0. The molecule has 4 rings (SSSR count). The number of morpholine rings is 1. The van der Waals surface area contributed by atoms with Crippen LogP contribution in [0, 0.1) is 5.82 Å². The van der Waals surface area contributed by atoms with Crippen molar-refractivity contribution in [3.8, 4) is 0 Å². The van der Waals surface area contributed by atoms with Crippen LogP contribution in [0.25, 0.3) is 0 Å². The molecule has 0 amide bonds. The third-order valence-corrected chi connectivity index (χ3v) is 7.72. The van der Waals surface area contributed by atoms with Gasteiger partial charge in [0.25, 0.3) is 0 Å². The van der Waals surface area contributed by atoms with Crippen LogP contribution in [-0.4, -0.2) is 83.6 Å². The number of alkyl halides is 3. The number of carboxylic acid groups (broad SMARTS) is 1. The van der Waals surface area contributed by atoms with Crippen LogP contribution < -0.4 is 4.90 Å². The highest BCUT2D eigenvalue weighted by Gasteiger charge is 2.46. The number of aliphatic carboxylic acids is 1. The van der Waals surface area contributed by atoms with E-state index >= 15 is 0 Å². The van der Waals surface area contributed by atoms with Crippen LogP contribution in [0.4, 0.5) is 23.5 Å². The van der Waals surface area contributed by atoms with E-state index in [1.54, 1.807) is 4.31 Å². The molecular formula is C17H22F4N4O5S. The number of hydrogen-bond acceptors (Lipinski definition) is 7. The maximum absolute atomic E-state index is 13.0. The Labute approximate surface area is 176 Å². The van der Waals surface area contributed by atoms with E-state index in [0.29, 0.717) is 51.6 Å². The zero-order chi connectivity index (χ0) is 22.9. The lowest BCUT2D eigenvalue weighted by Crippen LogP contribution is -2.58. The molecule has 1 N–H and O–H groups in total. The Morgan fingerprint density at radius 2 is 1.71 bits per heavy atom. The van der Waals surface area contributed by atoms with Crippen molar-refractivity contribution >= 4 is 21.9 Å². The van der Waals surface area contributed by atoms with E-state index in [1.807, 2.05) is 4.90 Å². The van der Waals surface area contributed by atoms with Gasteiger partial charge < -0.3 is 14.7 Å². The van der Waals surface area contributed by atoms with Crippen molar-refractivity contribution in [3.63, 3.8) is 0 Å². The summed E-state index contributed by atoms with van der Waals surface area (Å²) in [5.41, 5.74) is -0.369. The minimum absolute atomic E-state index is 0.164. The minimum atomic E-state index is -5.08. The lowest BCUT2D eigenvalue weighted by Gasteiger charge is -2.46. The number of halogens is 4. The van der Waals surface area contributed by atoms with Gasteiger partial charge in [-0.3, -0.25) is 0 Å². The average molecular weight is 470 g/mol. The fourth-order valence-electron chi connectivity index (χ4n) is 3.51. The molecule has 3 aliphatic rings. The maximum atomic E-state index is 13.0. The summed E-state index contributed by atoms with van der Waals surface area (Å²) in [6, 6.07) is 0. The molecule has 1 saturated carbocycles. The van der Waals surface area contributed by atoms with E-state index in [4.69, 9.17) is 14.6 Å². The van der Waals surface area contributed by atoms with Gasteiger partial charge in [0.05, 0.1) is 36.4 Å². The van der Waals surface area contributed by atoms with Gasteiger partial charge in [0.1, 0.15) is 0 Å². The molecule has 0 unspecified atom stereocenters. The molecule has 1 spiro atoms. The molecule has 0 atom stereocenters. The van der Waals surface area contributed by atoms with Gasteiger partial charge in [-0.25, -0.2) is 31.9 Å². The SMILES string of the molecule is O=C(O)C(F)(F)F.O=S(=O)(C1CC1)N1CCC2(CC1)CN(c1ncc(F)cn1)CCO2. The topological polar surface area (TPSA) is 113 Å². The van der Waals surface area contributed by atoms with Crippen LogP contribution >= 0.6 is 0 Å². The van der Waals surface area contributed by atoms with Gasteiger partial charge in [-0.2, -0.15) is 13.2 Å². The van der Waals surface area contributed by atoms with Gasteiger partial charge in [0.2, 0.25) is 16.0 Å². The Balaban J connectivity index is 0.000000339. The van der Waals surface area contributed by atoms with E-state index < -0.39 is 28.0 Å². The Morgan fingerprint density at radius 1 is 1.16 bits per heavy atom. The first kappa shape index (κ1) is 23.6. The zero-order valence-electron chi connectivity index (χ0n) is 16.4. The van der Waals surface area contributed by atoms with Crippen molar-refractivity contribution in [2.24, 2.45) is 0 Å². The van der Waals surface area contributed by atoms with Gasteiger partial charge in [-0.15, -0.1) is 0 Å². The molecule has 0 bridgehead atoms. The van der Waals surface area contributed by atoms with Gasteiger partial charge in [0, 0.05) is 19.6 Å². The molecule has 0 aromatic carbocycles. The number of ether oxygens (including phenoxy) is 1. The highest BCUT2D eigenvalue weighted by molar-refractivity contribution is 7.90. The summed E-state index contributed by atoms with van der Waals surface area (Å²) >= 11 is 0. The lowest BCUT2D eigenvalue weighted by molar-refractivity contribution is -0.192. The van der Waals surface area contributed by atoms with Crippen LogP contribution in [0.2, 0.25) is 0 Å². The molecule has 3 heterocycles. The summed E-state index contributed by atoms with van der Waals surface area (Å²) in [4.78, 5) is 19.0. The molecule has 9 nitrogen and oxygen atoms in total. The second kappa shape index (κ2) is 8.82. The Bertz CT molecular complexity index is 885. The highest BCUT2D eigenvalue weighted by atomic mass is 32.2. The Morgan fingerprint density at radius 3 is 2.19 bits per heavy atom. The van der Waals surface area contributed by atoms with Crippen molar-refractivity contribution < 1.29 is 40.6 Å². The average Bonchev–Trinajstić information content (AvgIpc) is 3.55. The molecule has 2 saturated heterocycles. The Hall–Kier alpha value is -2.06. The van der Waals surface area contributed by atoms with Crippen LogP contribution in [0.3, 0.4) is 0 Å². The summed E-state index contributed by atoms with van der Waals surface area (Å²) in [6.07, 6.45) is 0.143. The van der Waals surface area contributed by atoms with Crippen LogP contribution in [-0.2, 0) is 19.6 Å². The fraction of sp³-hybridized carbons (Fsp3) is 0.706. The number of anilines is 1. The molecule has 174 valence electrons. The van der Waals surface area contributed by atoms with Crippen LogP contribution in [0.5, 0.6) is 0 Å². The van der Waals surface area contributed by atoms with Crippen LogP contribution in [0.15, 0.2) is 12.4 Å². The minimum Gasteiger partial charge on any atom is -0.475 e. The first-order chi connectivity index (χ1) is 14.4. The number of carboxylic acids is 1. The number of aromatic nitrogens is 2. The quantitative estimate of drug-likeness (QED) is 0.660. The number of hydrogen-bond donors (Lipinski definition) is 1. The Kier molecular flexibility index (Phi) is 6.72. The van der Waals surface area contributed by atoms with E-state index in [0.717, 1.165) is 25.2 Å². The molecular weight excluding hydrogens is 448 g/mol. The molecule has 3 fully saturated rings. The molecule has 14 heteroatoms. The largest absolute Gasteiger partial charge is 0.490 e. The van der Waals surface area contributed by atoms with Crippen molar-refractivity contribution in [2.45, 2.75) is 42.7 Å². The monoisotopic (exact) mass is 470 g/mol. The van der Waals surface area contributed by atoms with E-state index in [2.05, 4.69) is 9.97 Å². The predicted octanol–water partition coefficient (Wildman–Crippen LogP) is 1.41. The van der Waals surface area contributed by atoms with Gasteiger partial charge in [-0.1, -0.05) is 0 Å². The number of sulfonamides is 1. The van der Waals surface area contributed by atoms with Crippen molar-refractivity contribution in [1.29, 1.82) is 0 Å². The van der Waals surface area contributed by atoms with Crippen molar-refractivity contribution in [2.75, 3.05) is 37.7 Å².